The van der Waals surface area contributed by atoms with Crippen LogP contribution in [0.5, 0.6) is 5.75 Å². The van der Waals surface area contributed by atoms with E-state index in [1.165, 1.54) is 0 Å². The number of fused-ring (bicyclic) bond motifs is 1. The van der Waals surface area contributed by atoms with Gasteiger partial charge in [-0.2, -0.15) is 0 Å². The number of carbonyl (C=O) groups excluding carboxylic acids is 1. The predicted molar refractivity (Wildman–Crippen MR) is 82.3 cm³/mol. The van der Waals surface area contributed by atoms with Crippen LogP contribution in [-0.4, -0.2) is 22.7 Å². The molecular formula is C17H25NO3. The second-order valence-corrected chi connectivity index (χ2v) is 6.40. The van der Waals surface area contributed by atoms with Crippen LogP contribution >= 0.6 is 0 Å². The maximum atomic E-state index is 12.1. The van der Waals surface area contributed by atoms with Crippen molar-refractivity contribution in [3.05, 3.63) is 29.3 Å². The molecule has 1 aromatic rings. The Morgan fingerprint density at radius 1 is 1.52 bits per heavy atom. The lowest BCUT2D eigenvalue weighted by Gasteiger charge is -2.26. The largest absolute Gasteiger partial charge is 0.481 e. The Labute approximate surface area is 126 Å². The lowest BCUT2D eigenvalue weighted by molar-refractivity contribution is -0.128. The molecule has 0 aromatic heterocycles. The van der Waals surface area contributed by atoms with Crippen LogP contribution in [0.15, 0.2) is 18.2 Å². The van der Waals surface area contributed by atoms with Crippen molar-refractivity contribution in [1.82, 2.24) is 5.32 Å². The number of hydrogen-bond acceptors (Lipinski definition) is 3. The van der Waals surface area contributed by atoms with Gasteiger partial charge < -0.3 is 15.2 Å². The first-order chi connectivity index (χ1) is 9.82. The molecule has 0 spiro atoms. The van der Waals surface area contributed by atoms with Crippen molar-refractivity contribution in [2.24, 2.45) is 0 Å². The van der Waals surface area contributed by atoms with E-state index in [1.807, 2.05) is 39.0 Å². The van der Waals surface area contributed by atoms with E-state index in [0.29, 0.717) is 5.75 Å². The van der Waals surface area contributed by atoms with Crippen LogP contribution in [0.2, 0.25) is 0 Å². The van der Waals surface area contributed by atoms with E-state index in [4.69, 9.17) is 4.74 Å². The highest BCUT2D eigenvalue weighted by molar-refractivity contribution is 5.81. The number of ether oxygens (including phenoxy) is 1. The quantitative estimate of drug-likeness (QED) is 0.877. The van der Waals surface area contributed by atoms with Crippen LogP contribution in [-0.2, 0) is 11.2 Å². The average molecular weight is 291 g/mol. The van der Waals surface area contributed by atoms with Gasteiger partial charge in [0, 0.05) is 5.54 Å². The number of aryl methyl sites for hydroxylation is 1. The zero-order valence-corrected chi connectivity index (χ0v) is 13.3. The van der Waals surface area contributed by atoms with Crippen LogP contribution in [0.25, 0.3) is 0 Å². The minimum atomic E-state index is -0.541. The highest BCUT2D eigenvalue weighted by Crippen LogP contribution is 2.33. The number of rotatable bonds is 5. The summed E-state index contributed by atoms with van der Waals surface area (Å²) in [4.78, 5) is 12.1. The molecule has 4 heteroatoms. The molecule has 0 saturated heterocycles. The molecule has 2 N–H and O–H groups in total. The van der Waals surface area contributed by atoms with Crippen LogP contribution in [0.1, 0.15) is 57.8 Å². The summed E-state index contributed by atoms with van der Waals surface area (Å²) in [6.45, 7) is 7.78. The van der Waals surface area contributed by atoms with Gasteiger partial charge in [0.25, 0.3) is 5.91 Å². The summed E-state index contributed by atoms with van der Waals surface area (Å²) in [5.41, 5.74) is 1.87. The van der Waals surface area contributed by atoms with Crippen molar-refractivity contribution in [2.75, 3.05) is 0 Å². The van der Waals surface area contributed by atoms with Crippen molar-refractivity contribution in [3.8, 4) is 5.75 Å². The van der Waals surface area contributed by atoms with Gasteiger partial charge >= 0.3 is 0 Å². The highest BCUT2D eigenvalue weighted by Gasteiger charge is 2.24. The van der Waals surface area contributed by atoms with Crippen molar-refractivity contribution >= 4 is 5.91 Å². The van der Waals surface area contributed by atoms with Gasteiger partial charge in [-0.05, 0) is 63.3 Å². The van der Waals surface area contributed by atoms with Gasteiger partial charge in [-0.25, -0.2) is 0 Å². The molecule has 0 heterocycles. The van der Waals surface area contributed by atoms with Crippen molar-refractivity contribution in [1.29, 1.82) is 0 Å². The third-order valence-electron chi connectivity index (χ3n) is 4.19. The molecule has 1 amide bonds. The summed E-state index contributed by atoms with van der Waals surface area (Å²) in [6.07, 6.45) is 1.58. The Hall–Kier alpha value is -1.55. The fourth-order valence-electron chi connectivity index (χ4n) is 2.43. The highest BCUT2D eigenvalue weighted by atomic mass is 16.5. The molecule has 1 aromatic carbocycles. The molecule has 1 aliphatic carbocycles. The van der Waals surface area contributed by atoms with Gasteiger partial charge in [0.1, 0.15) is 5.75 Å². The first-order valence-corrected chi connectivity index (χ1v) is 7.62. The second-order valence-electron chi connectivity index (χ2n) is 6.40. The number of aliphatic hydroxyl groups excluding tert-OH is 1. The smallest absolute Gasteiger partial charge is 0.261 e. The monoisotopic (exact) mass is 291 g/mol. The minimum absolute atomic E-state index is 0.109. The summed E-state index contributed by atoms with van der Waals surface area (Å²) in [6, 6.07) is 5.64. The van der Waals surface area contributed by atoms with Crippen LogP contribution in [0, 0.1) is 0 Å². The Morgan fingerprint density at radius 2 is 2.24 bits per heavy atom. The number of aliphatic hydroxyl groups is 1. The zero-order chi connectivity index (χ0) is 15.6. The molecule has 2 rings (SSSR count). The standard InChI is InChI=1S/C17H25NO3/c1-5-17(3,4)18-16(20)11(2)21-13-7-8-14-12(10-13)6-9-15(14)19/h7-8,10-11,15,19H,5-6,9H2,1-4H3,(H,18,20). The Morgan fingerprint density at radius 3 is 2.90 bits per heavy atom. The molecule has 0 saturated carbocycles. The van der Waals surface area contributed by atoms with E-state index < -0.39 is 6.10 Å². The zero-order valence-electron chi connectivity index (χ0n) is 13.3. The molecule has 0 aliphatic heterocycles. The van der Waals surface area contributed by atoms with Gasteiger partial charge in [0.05, 0.1) is 6.10 Å². The first kappa shape index (κ1) is 15.8. The Balaban J connectivity index is 2.00. The number of benzene rings is 1. The van der Waals surface area contributed by atoms with E-state index in [-0.39, 0.29) is 17.6 Å². The molecule has 116 valence electrons. The summed E-state index contributed by atoms with van der Waals surface area (Å²) >= 11 is 0. The van der Waals surface area contributed by atoms with Gasteiger partial charge in [0.2, 0.25) is 0 Å². The van der Waals surface area contributed by atoms with Crippen molar-refractivity contribution in [2.45, 2.75) is 64.7 Å². The van der Waals surface area contributed by atoms with Crippen LogP contribution < -0.4 is 10.1 Å². The van der Waals surface area contributed by atoms with Gasteiger partial charge in [-0.3, -0.25) is 4.79 Å². The van der Waals surface area contributed by atoms with Crippen LogP contribution in [0.3, 0.4) is 0 Å². The third kappa shape index (κ3) is 3.76. The Bertz CT molecular complexity index is 525. The average Bonchev–Trinajstić information content (AvgIpc) is 2.79. The number of carbonyl (C=O) groups is 1. The number of hydrogen-bond donors (Lipinski definition) is 2. The molecule has 2 atom stereocenters. The van der Waals surface area contributed by atoms with Crippen molar-refractivity contribution < 1.29 is 14.6 Å². The summed E-state index contributed by atoms with van der Waals surface area (Å²) in [5.74, 6) is 0.571. The lowest BCUT2D eigenvalue weighted by atomic mass is 10.0. The van der Waals surface area contributed by atoms with E-state index in [0.717, 1.165) is 30.4 Å². The molecule has 0 bridgehead atoms. The molecule has 4 nitrogen and oxygen atoms in total. The lowest BCUT2D eigenvalue weighted by Crippen LogP contribution is -2.48. The van der Waals surface area contributed by atoms with E-state index in [9.17, 15) is 9.90 Å². The normalized spacial score (nSPS) is 19.0. The predicted octanol–water partition coefficient (Wildman–Crippen LogP) is 2.74. The van der Waals surface area contributed by atoms with Gasteiger partial charge in [-0.1, -0.05) is 13.0 Å². The minimum Gasteiger partial charge on any atom is -0.481 e. The molecule has 1 aliphatic rings. The topological polar surface area (TPSA) is 58.6 Å². The maximum absolute atomic E-state index is 12.1. The molecular weight excluding hydrogens is 266 g/mol. The maximum Gasteiger partial charge on any atom is 0.261 e. The summed E-state index contributed by atoms with van der Waals surface area (Å²) in [7, 11) is 0. The second kappa shape index (κ2) is 6.06. The van der Waals surface area contributed by atoms with E-state index in [1.54, 1.807) is 6.92 Å². The summed E-state index contributed by atoms with van der Waals surface area (Å²) in [5, 5.41) is 12.8. The SMILES string of the molecule is CCC(C)(C)NC(=O)C(C)Oc1ccc2c(c1)CCC2O. The fourth-order valence-corrected chi connectivity index (χ4v) is 2.43. The molecule has 2 unspecified atom stereocenters. The molecule has 0 radical (unpaired) electrons. The number of nitrogens with one attached hydrogen (secondary N) is 1. The first-order valence-electron chi connectivity index (χ1n) is 7.62. The molecule has 21 heavy (non-hydrogen) atoms. The van der Waals surface area contributed by atoms with Gasteiger partial charge in [0.15, 0.2) is 6.10 Å². The van der Waals surface area contributed by atoms with Crippen LogP contribution in [0.4, 0.5) is 0 Å². The van der Waals surface area contributed by atoms with Crippen molar-refractivity contribution in [3.63, 3.8) is 0 Å². The Kier molecular flexibility index (Phi) is 4.57. The fraction of sp³-hybridized carbons (Fsp3) is 0.588. The molecule has 0 fully saturated rings. The number of amides is 1. The van der Waals surface area contributed by atoms with E-state index >= 15 is 0 Å². The summed E-state index contributed by atoms with van der Waals surface area (Å²) < 4.78 is 5.73. The van der Waals surface area contributed by atoms with Gasteiger partial charge in [-0.15, -0.1) is 0 Å². The van der Waals surface area contributed by atoms with E-state index in [2.05, 4.69) is 5.32 Å². The third-order valence-corrected chi connectivity index (χ3v) is 4.19.